The molecule has 0 aliphatic heterocycles. The van der Waals surface area contributed by atoms with Gasteiger partial charge in [0.05, 0.1) is 18.1 Å². The number of hydrogen-bond acceptors (Lipinski definition) is 3. The van der Waals surface area contributed by atoms with Gasteiger partial charge in [-0.15, -0.1) is 13.2 Å². The zero-order valence-electron chi connectivity index (χ0n) is 9.44. The van der Waals surface area contributed by atoms with Crippen molar-refractivity contribution in [3.63, 3.8) is 0 Å². The van der Waals surface area contributed by atoms with E-state index in [-0.39, 0.29) is 17.5 Å². The number of carboxylic acids is 1. The van der Waals surface area contributed by atoms with Gasteiger partial charge in [0, 0.05) is 0 Å². The highest BCUT2D eigenvalue weighted by molar-refractivity contribution is 5.89. The molecule has 0 saturated carbocycles. The molecule has 7 heteroatoms. The molecule has 1 rings (SSSR count). The summed E-state index contributed by atoms with van der Waals surface area (Å²) >= 11 is 0. The second-order valence-electron chi connectivity index (χ2n) is 3.41. The molecule has 0 atom stereocenters. The molecule has 4 nitrogen and oxygen atoms in total. The molecule has 0 radical (unpaired) electrons. The SMILES string of the molecule is N#CCC=Cc1cc(OC(F)(F)F)cc(C(=O)O)c1. The van der Waals surface area contributed by atoms with Gasteiger partial charge in [0.25, 0.3) is 0 Å². The van der Waals surface area contributed by atoms with Crippen LogP contribution in [-0.4, -0.2) is 17.4 Å². The van der Waals surface area contributed by atoms with E-state index in [0.29, 0.717) is 0 Å². The molecule has 19 heavy (non-hydrogen) atoms. The van der Waals surface area contributed by atoms with Gasteiger partial charge in [0.15, 0.2) is 0 Å². The van der Waals surface area contributed by atoms with E-state index in [1.54, 1.807) is 0 Å². The van der Waals surface area contributed by atoms with Crippen LogP contribution in [-0.2, 0) is 0 Å². The van der Waals surface area contributed by atoms with Crippen molar-refractivity contribution in [3.8, 4) is 11.8 Å². The Morgan fingerprint density at radius 2 is 2.11 bits per heavy atom. The fourth-order valence-electron chi connectivity index (χ4n) is 1.28. The molecule has 0 unspecified atom stereocenters. The van der Waals surface area contributed by atoms with E-state index < -0.39 is 18.1 Å². The predicted molar refractivity (Wildman–Crippen MR) is 59.3 cm³/mol. The summed E-state index contributed by atoms with van der Waals surface area (Å²) in [5, 5.41) is 17.1. The maximum absolute atomic E-state index is 12.1. The van der Waals surface area contributed by atoms with E-state index in [2.05, 4.69) is 4.74 Å². The Balaban J connectivity index is 3.11. The summed E-state index contributed by atoms with van der Waals surface area (Å²) < 4.78 is 39.9. The largest absolute Gasteiger partial charge is 0.573 e. The number of allylic oxidation sites excluding steroid dienone is 1. The Morgan fingerprint density at radius 3 is 2.63 bits per heavy atom. The molecule has 1 aromatic rings. The highest BCUT2D eigenvalue weighted by Gasteiger charge is 2.31. The first kappa shape index (κ1) is 14.6. The molecule has 0 heterocycles. The normalized spacial score (nSPS) is 11.3. The van der Waals surface area contributed by atoms with Crippen LogP contribution < -0.4 is 4.74 Å². The number of rotatable bonds is 4. The Hall–Kier alpha value is -2.49. The van der Waals surface area contributed by atoms with Crippen molar-refractivity contribution in [1.82, 2.24) is 0 Å². The van der Waals surface area contributed by atoms with Crippen LogP contribution in [0, 0.1) is 11.3 Å². The summed E-state index contributed by atoms with van der Waals surface area (Å²) in [5.74, 6) is -1.99. The number of nitrogens with zero attached hydrogens (tertiary/aromatic N) is 1. The Bertz CT molecular complexity index is 544. The van der Waals surface area contributed by atoms with Crippen LogP contribution in [0.4, 0.5) is 13.2 Å². The van der Waals surface area contributed by atoms with Gasteiger partial charge in [-0.2, -0.15) is 5.26 Å². The number of halogens is 3. The smallest absolute Gasteiger partial charge is 0.478 e. The van der Waals surface area contributed by atoms with Gasteiger partial charge < -0.3 is 9.84 Å². The third-order valence-corrected chi connectivity index (χ3v) is 1.93. The van der Waals surface area contributed by atoms with Gasteiger partial charge in [0.1, 0.15) is 5.75 Å². The molecule has 1 aromatic carbocycles. The maximum Gasteiger partial charge on any atom is 0.573 e. The number of aromatic carboxylic acids is 1. The summed E-state index contributed by atoms with van der Waals surface area (Å²) in [5.41, 5.74) is -0.132. The fourth-order valence-corrected chi connectivity index (χ4v) is 1.28. The van der Waals surface area contributed by atoms with Gasteiger partial charge in [-0.25, -0.2) is 4.79 Å². The number of ether oxygens (including phenoxy) is 1. The van der Waals surface area contributed by atoms with Crippen LogP contribution in [0.3, 0.4) is 0 Å². The lowest BCUT2D eigenvalue weighted by Gasteiger charge is -2.10. The standard InChI is InChI=1S/C12H8F3NO3/c13-12(14,15)19-10-6-8(3-1-2-4-16)5-9(7-10)11(17)18/h1,3,5-7H,2H2,(H,17,18). The molecular weight excluding hydrogens is 263 g/mol. The van der Waals surface area contributed by atoms with E-state index in [0.717, 1.165) is 12.1 Å². The van der Waals surface area contributed by atoms with Gasteiger partial charge in [-0.1, -0.05) is 12.2 Å². The molecule has 1 N–H and O–H groups in total. The number of hydrogen-bond donors (Lipinski definition) is 1. The molecule has 0 fully saturated rings. The average molecular weight is 271 g/mol. The molecule has 0 spiro atoms. The predicted octanol–water partition coefficient (Wildman–Crippen LogP) is 3.21. The molecule has 100 valence electrons. The van der Waals surface area contributed by atoms with Crippen molar-refractivity contribution in [1.29, 1.82) is 5.26 Å². The van der Waals surface area contributed by atoms with Crippen molar-refractivity contribution in [2.75, 3.05) is 0 Å². The van der Waals surface area contributed by atoms with Gasteiger partial charge in [0.2, 0.25) is 0 Å². The van der Waals surface area contributed by atoms with Crippen LogP contribution in [0.2, 0.25) is 0 Å². The van der Waals surface area contributed by atoms with Crippen LogP contribution in [0.25, 0.3) is 6.08 Å². The monoisotopic (exact) mass is 271 g/mol. The van der Waals surface area contributed by atoms with Gasteiger partial charge >= 0.3 is 12.3 Å². The minimum atomic E-state index is -4.90. The van der Waals surface area contributed by atoms with Gasteiger partial charge in [-0.05, 0) is 23.8 Å². The van der Waals surface area contributed by atoms with E-state index >= 15 is 0 Å². The number of carbonyl (C=O) groups is 1. The molecule has 0 amide bonds. The third kappa shape index (κ3) is 5.12. The lowest BCUT2D eigenvalue weighted by atomic mass is 10.1. The quantitative estimate of drug-likeness (QED) is 0.912. The average Bonchev–Trinajstić information content (AvgIpc) is 2.26. The zero-order chi connectivity index (χ0) is 14.5. The van der Waals surface area contributed by atoms with Crippen molar-refractivity contribution in [2.24, 2.45) is 0 Å². The van der Waals surface area contributed by atoms with E-state index in [1.807, 2.05) is 6.07 Å². The molecule has 0 saturated heterocycles. The minimum Gasteiger partial charge on any atom is -0.478 e. The van der Waals surface area contributed by atoms with Crippen molar-refractivity contribution in [3.05, 3.63) is 35.4 Å². The fraction of sp³-hybridized carbons (Fsp3) is 0.167. The van der Waals surface area contributed by atoms with E-state index in [4.69, 9.17) is 10.4 Å². The summed E-state index contributed by atoms with van der Waals surface area (Å²) in [6.45, 7) is 0. The lowest BCUT2D eigenvalue weighted by Crippen LogP contribution is -2.17. The molecular formula is C12H8F3NO3. The van der Waals surface area contributed by atoms with Crippen molar-refractivity contribution in [2.45, 2.75) is 12.8 Å². The number of nitriles is 1. The molecule has 0 aliphatic carbocycles. The third-order valence-electron chi connectivity index (χ3n) is 1.93. The lowest BCUT2D eigenvalue weighted by molar-refractivity contribution is -0.274. The topological polar surface area (TPSA) is 70.3 Å². The first-order valence-corrected chi connectivity index (χ1v) is 4.99. The summed E-state index contributed by atoms with van der Waals surface area (Å²) in [6, 6.07) is 4.80. The van der Waals surface area contributed by atoms with Crippen LogP contribution in [0.5, 0.6) is 5.75 Å². The van der Waals surface area contributed by atoms with Crippen LogP contribution in [0.1, 0.15) is 22.3 Å². The first-order valence-electron chi connectivity index (χ1n) is 4.99. The van der Waals surface area contributed by atoms with Crippen LogP contribution >= 0.6 is 0 Å². The Labute approximate surface area is 106 Å². The maximum atomic E-state index is 12.1. The van der Waals surface area contributed by atoms with Crippen molar-refractivity contribution < 1.29 is 27.8 Å². The second kappa shape index (κ2) is 5.91. The first-order chi connectivity index (χ1) is 8.81. The summed E-state index contributed by atoms with van der Waals surface area (Å²) in [6.07, 6.45) is -2.09. The number of carboxylic acid groups (broad SMARTS) is 1. The molecule has 0 aromatic heterocycles. The Morgan fingerprint density at radius 1 is 1.42 bits per heavy atom. The Kier molecular flexibility index (Phi) is 4.53. The summed E-state index contributed by atoms with van der Waals surface area (Å²) in [7, 11) is 0. The number of benzene rings is 1. The molecule has 0 bridgehead atoms. The van der Waals surface area contributed by atoms with E-state index in [9.17, 15) is 18.0 Å². The highest BCUT2D eigenvalue weighted by Crippen LogP contribution is 2.25. The number of alkyl halides is 3. The summed E-state index contributed by atoms with van der Waals surface area (Å²) in [4.78, 5) is 10.8. The molecule has 0 aliphatic rings. The van der Waals surface area contributed by atoms with Crippen molar-refractivity contribution >= 4 is 12.0 Å². The van der Waals surface area contributed by atoms with E-state index in [1.165, 1.54) is 18.2 Å². The zero-order valence-corrected chi connectivity index (χ0v) is 9.44. The van der Waals surface area contributed by atoms with Gasteiger partial charge in [-0.3, -0.25) is 0 Å². The van der Waals surface area contributed by atoms with Crippen LogP contribution in [0.15, 0.2) is 24.3 Å². The highest BCUT2D eigenvalue weighted by atomic mass is 19.4. The minimum absolute atomic E-state index is 0.0623. The second-order valence-corrected chi connectivity index (χ2v) is 3.41.